The normalized spacial score (nSPS) is 12.9. The van der Waals surface area contributed by atoms with Gasteiger partial charge in [-0.15, -0.1) is 0 Å². The molecule has 2 N–H and O–H groups in total. The average Bonchev–Trinajstić information content (AvgIpc) is 2.05. The van der Waals surface area contributed by atoms with Crippen molar-refractivity contribution >= 4 is 5.69 Å². The van der Waals surface area contributed by atoms with Gasteiger partial charge in [-0.25, -0.2) is 9.97 Å². The monoisotopic (exact) mass is 151 g/mol. The predicted molar refractivity (Wildman–Crippen MR) is 45.2 cm³/mol. The second-order valence-electron chi connectivity index (χ2n) is 2.68. The number of nitrogens with zero attached hydrogens (tertiary/aromatic N) is 2. The number of hydrogen-bond donors (Lipinski definition) is 1. The van der Waals surface area contributed by atoms with Gasteiger partial charge >= 0.3 is 0 Å². The van der Waals surface area contributed by atoms with E-state index in [1.165, 1.54) is 0 Å². The van der Waals surface area contributed by atoms with Crippen molar-refractivity contribution in [1.29, 1.82) is 0 Å². The van der Waals surface area contributed by atoms with Gasteiger partial charge in [-0.05, 0) is 6.42 Å². The maximum absolute atomic E-state index is 5.44. The molecule has 1 unspecified atom stereocenters. The van der Waals surface area contributed by atoms with Gasteiger partial charge in [0.2, 0.25) is 0 Å². The zero-order valence-electron chi connectivity index (χ0n) is 6.91. The highest BCUT2D eigenvalue weighted by atomic mass is 14.9. The largest absolute Gasteiger partial charge is 0.396 e. The molecule has 3 heteroatoms. The van der Waals surface area contributed by atoms with E-state index in [4.69, 9.17) is 5.73 Å². The van der Waals surface area contributed by atoms with Gasteiger partial charge in [0.25, 0.3) is 0 Å². The summed E-state index contributed by atoms with van der Waals surface area (Å²) in [5.74, 6) is 1.30. The topological polar surface area (TPSA) is 51.8 Å². The molecule has 0 bridgehead atoms. The summed E-state index contributed by atoms with van der Waals surface area (Å²) < 4.78 is 0. The van der Waals surface area contributed by atoms with Crippen LogP contribution in [-0.4, -0.2) is 9.97 Å². The lowest BCUT2D eigenvalue weighted by Crippen LogP contribution is -2.00. The second-order valence-corrected chi connectivity index (χ2v) is 2.68. The molecule has 3 nitrogen and oxygen atoms in total. The number of nitrogen functional groups attached to an aromatic ring is 1. The predicted octanol–water partition coefficient (Wildman–Crippen LogP) is 1.57. The van der Waals surface area contributed by atoms with Gasteiger partial charge in [0.05, 0.1) is 18.1 Å². The molecule has 1 aromatic heterocycles. The van der Waals surface area contributed by atoms with E-state index in [-0.39, 0.29) is 0 Å². The van der Waals surface area contributed by atoms with Crippen molar-refractivity contribution in [2.24, 2.45) is 0 Å². The Balaban J connectivity index is 2.81. The Morgan fingerprint density at radius 3 is 2.45 bits per heavy atom. The van der Waals surface area contributed by atoms with Crippen LogP contribution in [0.1, 0.15) is 32.0 Å². The SMILES string of the molecule is CCC(C)c1ncc(N)cn1. The molecular weight excluding hydrogens is 138 g/mol. The molecule has 1 heterocycles. The molecule has 0 spiro atoms. The molecule has 0 radical (unpaired) electrons. The van der Waals surface area contributed by atoms with E-state index < -0.39 is 0 Å². The summed E-state index contributed by atoms with van der Waals surface area (Å²) in [6, 6.07) is 0. The number of rotatable bonds is 2. The van der Waals surface area contributed by atoms with Gasteiger partial charge in [0.15, 0.2) is 0 Å². The Hall–Kier alpha value is -1.12. The highest BCUT2D eigenvalue weighted by Crippen LogP contribution is 2.13. The first kappa shape index (κ1) is 7.98. The Morgan fingerprint density at radius 2 is 2.00 bits per heavy atom. The fourth-order valence-electron chi connectivity index (χ4n) is 0.785. The molecule has 11 heavy (non-hydrogen) atoms. The molecule has 1 atom stereocenters. The zero-order chi connectivity index (χ0) is 8.27. The molecule has 0 aliphatic heterocycles. The summed E-state index contributed by atoms with van der Waals surface area (Å²) in [6.45, 7) is 4.22. The van der Waals surface area contributed by atoms with E-state index >= 15 is 0 Å². The van der Waals surface area contributed by atoms with E-state index in [1.54, 1.807) is 12.4 Å². The molecule has 0 aliphatic rings. The van der Waals surface area contributed by atoms with Gasteiger partial charge in [-0.1, -0.05) is 13.8 Å². The van der Waals surface area contributed by atoms with Crippen LogP contribution in [0.2, 0.25) is 0 Å². The molecule has 1 aromatic rings. The average molecular weight is 151 g/mol. The smallest absolute Gasteiger partial charge is 0.131 e. The van der Waals surface area contributed by atoms with Crippen molar-refractivity contribution in [3.63, 3.8) is 0 Å². The second kappa shape index (κ2) is 3.32. The molecule has 0 aliphatic carbocycles. The first-order chi connectivity index (χ1) is 5.24. The van der Waals surface area contributed by atoms with Crippen LogP contribution in [0.3, 0.4) is 0 Å². The molecule has 0 aromatic carbocycles. The van der Waals surface area contributed by atoms with Crippen molar-refractivity contribution in [3.05, 3.63) is 18.2 Å². The number of anilines is 1. The molecular formula is C8H13N3. The molecule has 60 valence electrons. The minimum Gasteiger partial charge on any atom is -0.396 e. The Morgan fingerprint density at radius 1 is 1.45 bits per heavy atom. The zero-order valence-corrected chi connectivity index (χ0v) is 6.91. The lowest BCUT2D eigenvalue weighted by Gasteiger charge is -2.05. The third-order valence-corrected chi connectivity index (χ3v) is 1.74. The summed E-state index contributed by atoms with van der Waals surface area (Å²) in [5.41, 5.74) is 6.07. The Kier molecular flexibility index (Phi) is 2.41. The van der Waals surface area contributed by atoms with E-state index in [0.29, 0.717) is 11.6 Å². The summed E-state index contributed by atoms with van der Waals surface area (Å²) in [4.78, 5) is 8.23. The van der Waals surface area contributed by atoms with Crippen LogP contribution in [0.4, 0.5) is 5.69 Å². The summed E-state index contributed by atoms with van der Waals surface area (Å²) in [6.07, 6.45) is 4.35. The minimum absolute atomic E-state index is 0.426. The van der Waals surface area contributed by atoms with Crippen molar-refractivity contribution in [1.82, 2.24) is 9.97 Å². The molecule has 0 saturated carbocycles. The van der Waals surface area contributed by atoms with Crippen molar-refractivity contribution in [2.45, 2.75) is 26.2 Å². The molecule has 0 amide bonds. The van der Waals surface area contributed by atoms with Crippen LogP contribution < -0.4 is 5.73 Å². The molecule has 0 fully saturated rings. The standard InChI is InChI=1S/C8H13N3/c1-3-6(2)8-10-4-7(9)5-11-8/h4-6H,3,9H2,1-2H3. The minimum atomic E-state index is 0.426. The fourth-order valence-corrected chi connectivity index (χ4v) is 0.785. The van der Waals surface area contributed by atoms with Crippen molar-refractivity contribution in [2.75, 3.05) is 5.73 Å². The van der Waals surface area contributed by atoms with Crippen LogP contribution >= 0.6 is 0 Å². The number of aromatic nitrogens is 2. The van der Waals surface area contributed by atoms with Gasteiger partial charge < -0.3 is 5.73 Å². The van der Waals surface area contributed by atoms with Crippen molar-refractivity contribution in [3.8, 4) is 0 Å². The first-order valence-corrected chi connectivity index (χ1v) is 3.81. The van der Waals surface area contributed by atoms with E-state index in [2.05, 4.69) is 23.8 Å². The summed E-state index contributed by atoms with van der Waals surface area (Å²) in [7, 11) is 0. The van der Waals surface area contributed by atoms with Gasteiger partial charge in [-0.3, -0.25) is 0 Å². The van der Waals surface area contributed by atoms with E-state index in [0.717, 1.165) is 12.2 Å². The summed E-state index contributed by atoms with van der Waals surface area (Å²) >= 11 is 0. The van der Waals surface area contributed by atoms with Gasteiger partial charge in [0, 0.05) is 5.92 Å². The maximum Gasteiger partial charge on any atom is 0.131 e. The van der Waals surface area contributed by atoms with Gasteiger partial charge in [0.1, 0.15) is 5.82 Å². The highest BCUT2D eigenvalue weighted by Gasteiger charge is 2.04. The lowest BCUT2D eigenvalue weighted by atomic mass is 10.1. The quantitative estimate of drug-likeness (QED) is 0.698. The maximum atomic E-state index is 5.44. The Bertz CT molecular complexity index is 217. The van der Waals surface area contributed by atoms with Crippen LogP contribution in [0, 0.1) is 0 Å². The fraction of sp³-hybridized carbons (Fsp3) is 0.500. The third kappa shape index (κ3) is 1.90. The third-order valence-electron chi connectivity index (χ3n) is 1.74. The first-order valence-electron chi connectivity index (χ1n) is 3.81. The molecule has 0 saturated heterocycles. The van der Waals surface area contributed by atoms with Crippen molar-refractivity contribution < 1.29 is 0 Å². The number of nitrogens with two attached hydrogens (primary N) is 1. The molecule has 1 rings (SSSR count). The van der Waals surface area contributed by atoms with E-state index in [9.17, 15) is 0 Å². The van der Waals surface area contributed by atoms with Crippen LogP contribution in [0.5, 0.6) is 0 Å². The summed E-state index contributed by atoms with van der Waals surface area (Å²) in [5, 5.41) is 0. The van der Waals surface area contributed by atoms with Crippen LogP contribution in [-0.2, 0) is 0 Å². The highest BCUT2D eigenvalue weighted by molar-refractivity contribution is 5.30. The number of hydrogen-bond acceptors (Lipinski definition) is 3. The Labute approximate surface area is 66.7 Å². The van der Waals surface area contributed by atoms with Crippen LogP contribution in [0.15, 0.2) is 12.4 Å². The lowest BCUT2D eigenvalue weighted by molar-refractivity contribution is 0.679. The van der Waals surface area contributed by atoms with Crippen LogP contribution in [0.25, 0.3) is 0 Å². The van der Waals surface area contributed by atoms with E-state index in [1.807, 2.05) is 0 Å². The van der Waals surface area contributed by atoms with Gasteiger partial charge in [-0.2, -0.15) is 0 Å².